The molecule has 0 radical (unpaired) electrons. The largest absolute Gasteiger partial charge is 0.398 e. The lowest BCUT2D eigenvalue weighted by Gasteiger charge is -2.15. The topological polar surface area (TPSA) is 46.2 Å². The maximum absolute atomic E-state index is 10.3. The van der Waals surface area contributed by atoms with Gasteiger partial charge in [-0.25, -0.2) is 0 Å². The molecule has 2 aromatic carbocycles. The number of aliphatic hydroxyl groups is 1. The number of benzene rings is 2. The number of hydrogen-bond acceptors (Lipinski definition) is 2. The standard InChI is InChI=1S/C15H17NO/c1-10-4-3-5-12(8-10)15(17)13-9-11(2)6-7-14(13)16/h3-9,15,17H,16H2,1-2H3. The van der Waals surface area contributed by atoms with Crippen LogP contribution in [-0.4, -0.2) is 5.11 Å². The molecule has 1 unspecified atom stereocenters. The minimum atomic E-state index is -0.658. The quantitative estimate of drug-likeness (QED) is 0.775. The van der Waals surface area contributed by atoms with Gasteiger partial charge in [-0.05, 0) is 25.5 Å². The van der Waals surface area contributed by atoms with E-state index in [9.17, 15) is 5.11 Å². The minimum absolute atomic E-state index is 0.629. The molecule has 2 nitrogen and oxygen atoms in total. The summed E-state index contributed by atoms with van der Waals surface area (Å²) in [4.78, 5) is 0. The van der Waals surface area contributed by atoms with Crippen LogP contribution in [0, 0.1) is 13.8 Å². The van der Waals surface area contributed by atoms with Crippen molar-refractivity contribution < 1.29 is 5.11 Å². The molecule has 0 aromatic heterocycles. The first-order valence-corrected chi connectivity index (χ1v) is 5.68. The van der Waals surface area contributed by atoms with Crippen molar-refractivity contribution in [2.75, 3.05) is 5.73 Å². The molecule has 2 heteroatoms. The Labute approximate surface area is 102 Å². The summed E-state index contributed by atoms with van der Waals surface area (Å²) in [7, 11) is 0. The molecule has 0 fully saturated rings. The summed E-state index contributed by atoms with van der Waals surface area (Å²) < 4.78 is 0. The molecule has 0 bridgehead atoms. The Kier molecular flexibility index (Phi) is 3.16. The monoisotopic (exact) mass is 227 g/mol. The van der Waals surface area contributed by atoms with E-state index in [1.165, 1.54) is 0 Å². The summed E-state index contributed by atoms with van der Waals surface area (Å²) in [6, 6.07) is 13.6. The summed E-state index contributed by atoms with van der Waals surface area (Å²) >= 11 is 0. The average molecular weight is 227 g/mol. The van der Waals surface area contributed by atoms with Gasteiger partial charge in [0.05, 0.1) is 0 Å². The highest BCUT2D eigenvalue weighted by atomic mass is 16.3. The lowest BCUT2D eigenvalue weighted by molar-refractivity contribution is 0.221. The van der Waals surface area contributed by atoms with Crippen molar-refractivity contribution in [3.8, 4) is 0 Å². The molecule has 88 valence electrons. The van der Waals surface area contributed by atoms with Crippen LogP contribution < -0.4 is 5.73 Å². The van der Waals surface area contributed by atoms with Gasteiger partial charge in [0.25, 0.3) is 0 Å². The Balaban J connectivity index is 2.43. The number of rotatable bonds is 2. The summed E-state index contributed by atoms with van der Waals surface area (Å²) in [5, 5.41) is 10.3. The van der Waals surface area contributed by atoms with E-state index in [0.717, 1.165) is 22.3 Å². The van der Waals surface area contributed by atoms with E-state index in [0.29, 0.717) is 5.69 Å². The number of nitrogens with two attached hydrogens (primary N) is 1. The molecule has 0 aliphatic rings. The van der Waals surface area contributed by atoms with Gasteiger partial charge in [0.2, 0.25) is 0 Å². The molecule has 3 N–H and O–H groups in total. The van der Waals surface area contributed by atoms with Crippen molar-refractivity contribution in [3.63, 3.8) is 0 Å². The van der Waals surface area contributed by atoms with Crippen LogP contribution in [0.25, 0.3) is 0 Å². The second kappa shape index (κ2) is 4.60. The molecule has 1 atom stereocenters. The summed E-state index contributed by atoms with van der Waals surface area (Å²) in [6.07, 6.45) is -0.658. The highest BCUT2D eigenvalue weighted by molar-refractivity contribution is 5.52. The third kappa shape index (κ3) is 2.48. The van der Waals surface area contributed by atoms with E-state index in [4.69, 9.17) is 5.73 Å². The first-order chi connectivity index (χ1) is 8.08. The van der Waals surface area contributed by atoms with Crippen LogP contribution >= 0.6 is 0 Å². The first-order valence-electron chi connectivity index (χ1n) is 5.68. The number of aliphatic hydroxyl groups excluding tert-OH is 1. The van der Waals surface area contributed by atoms with Crippen LogP contribution in [0.1, 0.15) is 28.4 Å². The first kappa shape index (κ1) is 11.7. The Morgan fingerprint density at radius 3 is 2.41 bits per heavy atom. The zero-order valence-electron chi connectivity index (χ0n) is 10.1. The van der Waals surface area contributed by atoms with Crippen molar-refractivity contribution >= 4 is 5.69 Å². The number of hydrogen-bond donors (Lipinski definition) is 2. The van der Waals surface area contributed by atoms with Crippen molar-refractivity contribution in [3.05, 3.63) is 64.7 Å². The van der Waals surface area contributed by atoms with Crippen LogP contribution in [0.15, 0.2) is 42.5 Å². The van der Waals surface area contributed by atoms with E-state index in [1.807, 2.05) is 56.3 Å². The smallest absolute Gasteiger partial charge is 0.106 e. The molecule has 0 saturated heterocycles. The van der Waals surface area contributed by atoms with Crippen LogP contribution in [-0.2, 0) is 0 Å². The van der Waals surface area contributed by atoms with Gasteiger partial charge >= 0.3 is 0 Å². The highest BCUT2D eigenvalue weighted by Crippen LogP contribution is 2.27. The van der Waals surface area contributed by atoms with Gasteiger partial charge in [-0.3, -0.25) is 0 Å². The molecule has 0 spiro atoms. The summed E-state index contributed by atoms with van der Waals surface area (Å²) in [5.74, 6) is 0. The SMILES string of the molecule is Cc1cccc(C(O)c2cc(C)ccc2N)c1. The van der Waals surface area contributed by atoms with Gasteiger partial charge in [-0.1, -0.05) is 47.5 Å². The Morgan fingerprint density at radius 2 is 1.71 bits per heavy atom. The Bertz CT molecular complexity index is 534. The van der Waals surface area contributed by atoms with Crippen LogP contribution in [0.4, 0.5) is 5.69 Å². The number of nitrogen functional groups attached to an aromatic ring is 1. The second-order valence-electron chi connectivity index (χ2n) is 4.45. The minimum Gasteiger partial charge on any atom is -0.398 e. The third-order valence-corrected chi connectivity index (χ3v) is 2.89. The van der Waals surface area contributed by atoms with Gasteiger partial charge in [-0.2, -0.15) is 0 Å². The maximum atomic E-state index is 10.3. The van der Waals surface area contributed by atoms with Gasteiger partial charge in [-0.15, -0.1) is 0 Å². The highest BCUT2D eigenvalue weighted by Gasteiger charge is 2.13. The normalized spacial score (nSPS) is 12.4. The molecule has 0 amide bonds. The van der Waals surface area contributed by atoms with Crippen LogP contribution in [0.3, 0.4) is 0 Å². The third-order valence-electron chi connectivity index (χ3n) is 2.89. The van der Waals surface area contributed by atoms with Gasteiger partial charge < -0.3 is 10.8 Å². The summed E-state index contributed by atoms with van der Waals surface area (Å²) in [6.45, 7) is 4.00. The van der Waals surface area contributed by atoms with Gasteiger partial charge in [0.1, 0.15) is 6.10 Å². The molecule has 17 heavy (non-hydrogen) atoms. The Hall–Kier alpha value is -1.80. The molecular weight excluding hydrogens is 210 g/mol. The maximum Gasteiger partial charge on any atom is 0.106 e. The van der Waals surface area contributed by atoms with E-state index in [2.05, 4.69) is 0 Å². The number of aryl methyl sites for hydroxylation is 2. The fourth-order valence-corrected chi connectivity index (χ4v) is 1.95. The molecule has 0 aliphatic carbocycles. The predicted octanol–water partition coefficient (Wildman–Crippen LogP) is 2.97. The van der Waals surface area contributed by atoms with Crippen molar-refractivity contribution in [1.29, 1.82) is 0 Å². The van der Waals surface area contributed by atoms with E-state index in [-0.39, 0.29) is 0 Å². The fourth-order valence-electron chi connectivity index (χ4n) is 1.95. The average Bonchev–Trinajstić information content (AvgIpc) is 2.31. The van der Waals surface area contributed by atoms with Crippen LogP contribution in [0.2, 0.25) is 0 Å². The van der Waals surface area contributed by atoms with E-state index >= 15 is 0 Å². The second-order valence-corrected chi connectivity index (χ2v) is 4.45. The van der Waals surface area contributed by atoms with Gasteiger partial charge in [0.15, 0.2) is 0 Å². The van der Waals surface area contributed by atoms with Crippen molar-refractivity contribution in [2.24, 2.45) is 0 Å². The van der Waals surface area contributed by atoms with Crippen molar-refractivity contribution in [2.45, 2.75) is 20.0 Å². The molecule has 2 rings (SSSR count). The molecule has 0 saturated carbocycles. The molecule has 2 aromatic rings. The molecular formula is C15H17NO. The van der Waals surface area contributed by atoms with Gasteiger partial charge in [0, 0.05) is 11.3 Å². The molecule has 0 heterocycles. The zero-order chi connectivity index (χ0) is 12.4. The predicted molar refractivity (Wildman–Crippen MR) is 70.8 cm³/mol. The lowest BCUT2D eigenvalue weighted by atomic mass is 9.97. The van der Waals surface area contributed by atoms with Crippen molar-refractivity contribution in [1.82, 2.24) is 0 Å². The number of anilines is 1. The van der Waals surface area contributed by atoms with E-state index < -0.39 is 6.10 Å². The van der Waals surface area contributed by atoms with Crippen LogP contribution in [0.5, 0.6) is 0 Å². The zero-order valence-corrected chi connectivity index (χ0v) is 10.1. The summed E-state index contributed by atoms with van der Waals surface area (Å²) in [5.41, 5.74) is 10.4. The lowest BCUT2D eigenvalue weighted by Crippen LogP contribution is -2.04. The Morgan fingerprint density at radius 1 is 1.00 bits per heavy atom. The van der Waals surface area contributed by atoms with E-state index in [1.54, 1.807) is 0 Å². The molecule has 0 aliphatic heterocycles. The fraction of sp³-hybridized carbons (Fsp3) is 0.200.